The van der Waals surface area contributed by atoms with Gasteiger partial charge in [-0.2, -0.15) is 4.99 Å². The number of para-hydroxylation sites is 1. The number of thioether (sulfide) groups is 1. The van der Waals surface area contributed by atoms with Gasteiger partial charge in [-0.1, -0.05) is 24.3 Å². The number of halogens is 1. The fourth-order valence-electron chi connectivity index (χ4n) is 2.13. The van der Waals surface area contributed by atoms with Crippen LogP contribution in [0.3, 0.4) is 0 Å². The summed E-state index contributed by atoms with van der Waals surface area (Å²) in [5.41, 5.74) is 7.09. The smallest absolute Gasteiger partial charge is 0.286 e. The molecular weight excluding hydrogens is 465 g/mol. The van der Waals surface area contributed by atoms with Gasteiger partial charge in [-0.05, 0) is 70.3 Å². The minimum absolute atomic E-state index is 0.0931. The number of rotatable bonds is 5. The van der Waals surface area contributed by atoms with E-state index in [1.807, 2.05) is 24.3 Å². The molecule has 2 aromatic carbocycles. The van der Waals surface area contributed by atoms with Crippen LogP contribution in [0.2, 0.25) is 0 Å². The molecule has 0 radical (unpaired) electrons. The van der Waals surface area contributed by atoms with E-state index in [0.717, 1.165) is 26.6 Å². The third-order valence-corrected chi connectivity index (χ3v) is 5.09. The van der Waals surface area contributed by atoms with Gasteiger partial charge in [0.2, 0.25) is 0 Å². The zero-order valence-electron chi connectivity index (χ0n) is 13.4. The summed E-state index contributed by atoms with van der Waals surface area (Å²) < 4.78 is 6.45. The Morgan fingerprint density at radius 2 is 1.96 bits per heavy atom. The van der Waals surface area contributed by atoms with Crippen LogP contribution in [-0.2, 0) is 9.59 Å². The first kappa shape index (κ1) is 18.5. The molecule has 0 aliphatic carbocycles. The average Bonchev–Trinajstić information content (AvgIpc) is 2.93. The molecule has 1 aliphatic rings. The van der Waals surface area contributed by atoms with Crippen LogP contribution in [0.15, 0.2) is 58.4 Å². The number of nitrogens with two attached hydrogens (primary N) is 1. The molecule has 1 heterocycles. The second kappa shape index (κ2) is 8.37. The third kappa shape index (κ3) is 4.85. The monoisotopic (exact) mass is 479 g/mol. The Morgan fingerprint density at radius 3 is 2.62 bits per heavy atom. The SMILES string of the molecule is NC1=NC(=O)/C(=C/c2ccc(OCC(=O)Nc3ccccc3I)cc2)S1. The molecule has 2 amide bonds. The van der Waals surface area contributed by atoms with E-state index < -0.39 is 0 Å². The average molecular weight is 479 g/mol. The number of amidine groups is 1. The van der Waals surface area contributed by atoms with Gasteiger partial charge in [-0.15, -0.1) is 0 Å². The van der Waals surface area contributed by atoms with E-state index in [1.54, 1.807) is 30.3 Å². The molecule has 3 rings (SSSR count). The Morgan fingerprint density at radius 1 is 1.23 bits per heavy atom. The van der Waals surface area contributed by atoms with Gasteiger partial charge in [-0.25, -0.2) is 0 Å². The van der Waals surface area contributed by atoms with Crippen molar-refractivity contribution in [2.24, 2.45) is 10.7 Å². The minimum Gasteiger partial charge on any atom is -0.484 e. The van der Waals surface area contributed by atoms with E-state index in [-0.39, 0.29) is 23.6 Å². The highest BCUT2D eigenvalue weighted by Gasteiger charge is 2.19. The zero-order valence-corrected chi connectivity index (χ0v) is 16.4. The van der Waals surface area contributed by atoms with Crippen LogP contribution in [0.1, 0.15) is 5.56 Å². The van der Waals surface area contributed by atoms with Crippen molar-refractivity contribution in [2.45, 2.75) is 0 Å². The molecule has 0 unspecified atom stereocenters. The van der Waals surface area contributed by atoms with Gasteiger partial charge in [0, 0.05) is 3.57 Å². The molecule has 8 heteroatoms. The molecule has 0 atom stereocenters. The molecule has 3 N–H and O–H groups in total. The number of anilines is 1. The zero-order chi connectivity index (χ0) is 18.5. The highest BCUT2D eigenvalue weighted by molar-refractivity contribution is 14.1. The number of hydrogen-bond acceptors (Lipinski definition) is 5. The summed E-state index contributed by atoms with van der Waals surface area (Å²) in [6.45, 7) is -0.0931. The highest BCUT2D eigenvalue weighted by atomic mass is 127. The lowest BCUT2D eigenvalue weighted by Gasteiger charge is -2.09. The molecule has 0 fully saturated rings. The minimum atomic E-state index is -0.333. The van der Waals surface area contributed by atoms with Crippen LogP contribution < -0.4 is 15.8 Å². The molecule has 0 aromatic heterocycles. The molecule has 0 saturated carbocycles. The second-order valence-electron chi connectivity index (χ2n) is 5.25. The number of carbonyl (C=O) groups excluding carboxylic acids is 2. The molecule has 26 heavy (non-hydrogen) atoms. The van der Waals surface area contributed by atoms with Gasteiger partial charge in [0.1, 0.15) is 5.75 Å². The van der Waals surface area contributed by atoms with Gasteiger partial charge in [0.25, 0.3) is 11.8 Å². The van der Waals surface area contributed by atoms with E-state index in [0.29, 0.717) is 10.7 Å². The van der Waals surface area contributed by atoms with Gasteiger partial charge in [0.15, 0.2) is 11.8 Å². The van der Waals surface area contributed by atoms with Gasteiger partial charge < -0.3 is 15.8 Å². The molecule has 132 valence electrons. The number of aliphatic imine (C=N–C) groups is 1. The lowest BCUT2D eigenvalue weighted by molar-refractivity contribution is -0.118. The molecule has 2 aromatic rings. The predicted octanol–water partition coefficient (Wildman–Crippen LogP) is 3.24. The van der Waals surface area contributed by atoms with Crippen LogP contribution in [0.25, 0.3) is 6.08 Å². The van der Waals surface area contributed by atoms with Gasteiger partial charge in [-0.3, -0.25) is 9.59 Å². The van der Waals surface area contributed by atoms with Crippen molar-refractivity contribution in [2.75, 3.05) is 11.9 Å². The van der Waals surface area contributed by atoms with Crippen molar-refractivity contribution in [1.29, 1.82) is 0 Å². The van der Waals surface area contributed by atoms with E-state index in [9.17, 15) is 9.59 Å². The number of hydrogen-bond donors (Lipinski definition) is 2. The Kier molecular flexibility index (Phi) is 5.94. The molecular formula is C18H14IN3O3S. The summed E-state index contributed by atoms with van der Waals surface area (Å²) in [5, 5.41) is 3.05. The fourth-order valence-corrected chi connectivity index (χ4v) is 3.34. The maximum Gasteiger partial charge on any atom is 0.286 e. The standard InChI is InChI=1S/C18H14IN3O3S/c19-13-3-1-2-4-14(13)21-16(23)10-25-12-7-5-11(6-8-12)9-15-17(24)22-18(20)26-15/h1-9H,10H2,(H,21,23)(H2,20,22,24)/b15-9-. The first-order chi connectivity index (χ1) is 12.5. The largest absolute Gasteiger partial charge is 0.484 e. The molecule has 0 bridgehead atoms. The normalized spacial score (nSPS) is 15.0. The topological polar surface area (TPSA) is 93.8 Å². The third-order valence-electron chi connectivity index (χ3n) is 3.33. The summed E-state index contributed by atoms with van der Waals surface area (Å²) in [4.78, 5) is 27.7. The second-order valence-corrected chi connectivity index (χ2v) is 7.48. The number of ether oxygens (including phenoxy) is 1. The molecule has 0 spiro atoms. The Bertz CT molecular complexity index is 910. The van der Waals surface area contributed by atoms with Crippen molar-refractivity contribution < 1.29 is 14.3 Å². The summed E-state index contributed by atoms with van der Waals surface area (Å²) in [7, 11) is 0. The van der Waals surface area contributed by atoms with E-state index in [4.69, 9.17) is 10.5 Å². The van der Waals surface area contributed by atoms with E-state index in [1.165, 1.54) is 0 Å². The molecule has 1 aliphatic heterocycles. The number of benzene rings is 2. The van der Waals surface area contributed by atoms with Gasteiger partial charge in [0.05, 0.1) is 10.6 Å². The quantitative estimate of drug-likeness (QED) is 0.508. The van der Waals surface area contributed by atoms with Crippen LogP contribution in [0.4, 0.5) is 5.69 Å². The van der Waals surface area contributed by atoms with E-state index >= 15 is 0 Å². The lowest BCUT2D eigenvalue weighted by atomic mass is 10.2. The van der Waals surface area contributed by atoms with Crippen molar-refractivity contribution in [3.63, 3.8) is 0 Å². The van der Waals surface area contributed by atoms with Crippen LogP contribution >= 0.6 is 34.4 Å². The maximum absolute atomic E-state index is 12.0. The Hall–Kier alpha value is -2.33. The van der Waals surface area contributed by atoms with Crippen LogP contribution in [-0.4, -0.2) is 23.6 Å². The first-order valence-corrected chi connectivity index (χ1v) is 9.46. The van der Waals surface area contributed by atoms with Crippen LogP contribution in [0.5, 0.6) is 5.75 Å². The molecule has 0 saturated heterocycles. The number of carbonyl (C=O) groups is 2. The Balaban J connectivity index is 1.55. The van der Waals surface area contributed by atoms with Crippen LogP contribution in [0, 0.1) is 3.57 Å². The Labute approximate surface area is 168 Å². The van der Waals surface area contributed by atoms with Crippen molar-refractivity contribution in [3.8, 4) is 5.75 Å². The lowest BCUT2D eigenvalue weighted by Crippen LogP contribution is -2.20. The van der Waals surface area contributed by atoms with Crippen molar-refractivity contribution >= 4 is 63.1 Å². The summed E-state index contributed by atoms with van der Waals surface area (Å²) in [6.07, 6.45) is 1.71. The van der Waals surface area contributed by atoms with Crippen molar-refractivity contribution in [3.05, 3.63) is 62.6 Å². The summed E-state index contributed by atoms with van der Waals surface area (Å²) in [6, 6.07) is 14.6. The summed E-state index contributed by atoms with van der Waals surface area (Å²) >= 11 is 3.30. The first-order valence-electron chi connectivity index (χ1n) is 7.56. The van der Waals surface area contributed by atoms with E-state index in [2.05, 4.69) is 32.9 Å². The van der Waals surface area contributed by atoms with Crippen molar-refractivity contribution in [1.82, 2.24) is 0 Å². The van der Waals surface area contributed by atoms with Gasteiger partial charge >= 0.3 is 0 Å². The number of nitrogens with one attached hydrogen (secondary N) is 1. The number of amides is 2. The maximum atomic E-state index is 12.0. The fraction of sp³-hybridized carbons (Fsp3) is 0.0556. The molecule has 6 nitrogen and oxygen atoms in total. The number of nitrogens with zero attached hydrogens (tertiary/aromatic N) is 1. The predicted molar refractivity (Wildman–Crippen MR) is 112 cm³/mol. The summed E-state index contributed by atoms with van der Waals surface area (Å²) in [5.74, 6) is -0.00727. The highest BCUT2D eigenvalue weighted by Crippen LogP contribution is 2.26.